The van der Waals surface area contributed by atoms with Crippen molar-refractivity contribution in [2.24, 2.45) is 0 Å². The number of rotatable bonds is 2. The van der Waals surface area contributed by atoms with Crippen molar-refractivity contribution < 1.29 is 19.1 Å². The summed E-state index contributed by atoms with van der Waals surface area (Å²) in [5.74, 6) is -0.465. The number of amides is 1. The fourth-order valence-corrected chi connectivity index (χ4v) is 2.65. The van der Waals surface area contributed by atoms with Crippen molar-refractivity contribution in [3.05, 3.63) is 42.2 Å². The summed E-state index contributed by atoms with van der Waals surface area (Å²) >= 11 is 0. The molecule has 19 heavy (non-hydrogen) atoms. The van der Waals surface area contributed by atoms with E-state index in [-0.39, 0.29) is 30.6 Å². The van der Waals surface area contributed by atoms with Gasteiger partial charge in [-0.1, -0.05) is 24.8 Å². The highest BCUT2D eigenvalue weighted by Gasteiger charge is 2.58. The van der Waals surface area contributed by atoms with Crippen LogP contribution in [0, 0.1) is 0 Å². The smallest absolute Gasteiger partial charge is 0.278 e. The van der Waals surface area contributed by atoms with Crippen LogP contribution in [-0.2, 0) is 24.7 Å². The molecule has 0 N–H and O–H groups in total. The molecule has 0 bridgehead atoms. The van der Waals surface area contributed by atoms with E-state index in [1.165, 1.54) is 12.0 Å². The molecule has 3 rings (SSSR count). The normalized spacial score (nSPS) is 25.1. The van der Waals surface area contributed by atoms with Crippen molar-refractivity contribution >= 4 is 17.4 Å². The lowest BCUT2D eigenvalue weighted by molar-refractivity contribution is -0.136. The molecular weight excluding hydrogens is 246 g/mol. The molecule has 98 valence electrons. The van der Waals surface area contributed by atoms with Gasteiger partial charge >= 0.3 is 0 Å². The second-order valence-electron chi connectivity index (χ2n) is 4.62. The maximum absolute atomic E-state index is 12.6. The number of allylic oxidation sites excluding steroid dienone is 1. The van der Waals surface area contributed by atoms with E-state index in [1.54, 1.807) is 6.07 Å². The molecule has 2 aliphatic rings. The molecule has 1 unspecified atom stereocenters. The van der Waals surface area contributed by atoms with Crippen LogP contribution < -0.4 is 4.90 Å². The minimum Gasteiger partial charge on any atom is -0.469 e. The topological polar surface area (TPSA) is 55.8 Å². The first-order valence-corrected chi connectivity index (χ1v) is 5.91. The highest BCUT2D eigenvalue weighted by atomic mass is 16.5. The average Bonchev–Trinajstić information content (AvgIpc) is 2.82. The van der Waals surface area contributed by atoms with E-state index in [0.717, 1.165) is 5.69 Å². The Hall–Kier alpha value is -2.14. The minimum atomic E-state index is -1.25. The van der Waals surface area contributed by atoms with Gasteiger partial charge < -0.3 is 9.47 Å². The second-order valence-corrected chi connectivity index (χ2v) is 4.62. The highest BCUT2D eigenvalue weighted by molar-refractivity contribution is 6.12. The van der Waals surface area contributed by atoms with Crippen LogP contribution in [0.25, 0.3) is 0 Å². The van der Waals surface area contributed by atoms with E-state index in [4.69, 9.17) is 9.47 Å². The van der Waals surface area contributed by atoms with Crippen molar-refractivity contribution in [1.29, 1.82) is 0 Å². The Bertz CT molecular complexity index is 577. The fraction of sp³-hybridized carbons (Fsp3) is 0.286. The van der Waals surface area contributed by atoms with E-state index >= 15 is 0 Å². The summed E-state index contributed by atoms with van der Waals surface area (Å²) in [5.41, 5.74) is 0.171. The number of benzene rings is 1. The molecular formula is C14H13NO4. The van der Waals surface area contributed by atoms with Crippen molar-refractivity contribution in [2.75, 3.05) is 18.7 Å². The lowest BCUT2D eigenvalue weighted by Crippen LogP contribution is -2.40. The molecule has 5 heteroatoms. The predicted molar refractivity (Wildman–Crippen MR) is 67.3 cm³/mol. The summed E-state index contributed by atoms with van der Waals surface area (Å²) < 4.78 is 10.6. The summed E-state index contributed by atoms with van der Waals surface area (Å²) in [7, 11) is 1.51. The number of methoxy groups -OCH3 is 1. The first kappa shape index (κ1) is 11.9. The Morgan fingerprint density at radius 3 is 2.79 bits per heavy atom. The van der Waals surface area contributed by atoms with Gasteiger partial charge in [-0.3, -0.25) is 14.5 Å². The average molecular weight is 259 g/mol. The monoisotopic (exact) mass is 259 g/mol. The number of hydrogen-bond donors (Lipinski definition) is 0. The third-order valence-electron chi connectivity index (χ3n) is 3.50. The second kappa shape index (κ2) is 3.93. The lowest BCUT2D eigenvalue weighted by Gasteiger charge is -2.22. The van der Waals surface area contributed by atoms with E-state index in [2.05, 4.69) is 6.58 Å². The Kier molecular flexibility index (Phi) is 2.46. The van der Waals surface area contributed by atoms with Gasteiger partial charge in [0.1, 0.15) is 6.73 Å². The molecule has 1 aromatic carbocycles. The van der Waals surface area contributed by atoms with Gasteiger partial charge in [-0.2, -0.15) is 0 Å². The molecule has 1 saturated heterocycles. The van der Waals surface area contributed by atoms with Gasteiger partial charge in [0.15, 0.2) is 5.76 Å². The fourth-order valence-electron chi connectivity index (χ4n) is 2.65. The van der Waals surface area contributed by atoms with Crippen LogP contribution in [0.3, 0.4) is 0 Å². The molecule has 2 heterocycles. The van der Waals surface area contributed by atoms with Crippen LogP contribution in [-0.4, -0.2) is 25.5 Å². The number of fused-ring (bicyclic) bond motifs is 2. The van der Waals surface area contributed by atoms with Crippen LogP contribution >= 0.6 is 0 Å². The van der Waals surface area contributed by atoms with Gasteiger partial charge in [-0.25, -0.2) is 0 Å². The first-order valence-electron chi connectivity index (χ1n) is 5.91. The molecule has 2 aliphatic heterocycles. The van der Waals surface area contributed by atoms with Crippen molar-refractivity contribution in [1.82, 2.24) is 0 Å². The van der Waals surface area contributed by atoms with E-state index in [0.29, 0.717) is 5.56 Å². The number of nitrogens with zero attached hydrogens (tertiary/aromatic N) is 1. The molecule has 1 fully saturated rings. The van der Waals surface area contributed by atoms with Crippen LogP contribution in [0.15, 0.2) is 36.6 Å². The van der Waals surface area contributed by atoms with E-state index in [9.17, 15) is 9.59 Å². The quantitative estimate of drug-likeness (QED) is 0.752. The Morgan fingerprint density at radius 2 is 2.16 bits per heavy atom. The van der Waals surface area contributed by atoms with Crippen molar-refractivity contribution in [2.45, 2.75) is 12.0 Å². The highest BCUT2D eigenvalue weighted by Crippen LogP contribution is 2.49. The van der Waals surface area contributed by atoms with Crippen LogP contribution in [0.4, 0.5) is 5.69 Å². The summed E-state index contributed by atoms with van der Waals surface area (Å²) in [4.78, 5) is 25.8. The molecule has 1 aromatic rings. The number of hydrogen-bond acceptors (Lipinski definition) is 4. The molecule has 0 saturated carbocycles. The molecule has 5 nitrogen and oxygen atoms in total. The molecule has 1 amide bonds. The number of anilines is 1. The standard InChI is InChI=1S/C14H13NO4/c1-9-12(16)7-14(19-9)10-5-3-4-6-11(10)15(8-18-2)13(14)17/h3-6H,1,7-8H2,2H3. The van der Waals surface area contributed by atoms with Gasteiger partial charge in [0, 0.05) is 12.7 Å². The Morgan fingerprint density at radius 1 is 1.42 bits per heavy atom. The van der Waals surface area contributed by atoms with Gasteiger partial charge in [-0.05, 0) is 6.07 Å². The maximum atomic E-state index is 12.6. The van der Waals surface area contributed by atoms with Gasteiger partial charge in [0.2, 0.25) is 11.4 Å². The van der Waals surface area contributed by atoms with Gasteiger partial charge in [0.05, 0.1) is 12.1 Å². The Balaban J connectivity index is 2.15. The van der Waals surface area contributed by atoms with Gasteiger partial charge in [0.25, 0.3) is 5.91 Å². The molecule has 0 radical (unpaired) electrons. The summed E-state index contributed by atoms with van der Waals surface area (Å²) in [6, 6.07) is 7.27. The number of carbonyl (C=O) groups is 2. The SMILES string of the molecule is C=C1OC2(CC1=O)C(=O)N(COC)c1ccccc12. The zero-order valence-corrected chi connectivity index (χ0v) is 10.5. The molecule has 1 spiro atoms. The Labute approximate surface area is 110 Å². The zero-order chi connectivity index (χ0) is 13.6. The van der Waals surface area contributed by atoms with Crippen molar-refractivity contribution in [3.8, 4) is 0 Å². The summed E-state index contributed by atoms with van der Waals surface area (Å²) in [6.45, 7) is 3.69. The third kappa shape index (κ3) is 1.45. The summed E-state index contributed by atoms with van der Waals surface area (Å²) in [6.07, 6.45) is 0.00188. The molecule has 0 aliphatic carbocycles. The number of Topliss-reactive ketones (excluding diaryl/α,β-unsaturated/α-hetero) is 1. The zero-order valence-electron chi connectivity index (χ0n) is 10.5. The van der Waals surface area contributed by atoms with E-state index in [1.807, 2.05) is 18.2 Å². The van der Waals surface area contributed by atoms with E-state index < -0.39 is 5.60 Å². The predicted octanol–water partition coefficient (Wildman–Crippen LogP) is 1.34. The third-order valence-corrected chi connectivity index (χ3v) is 3.50. The maximum Gasteiger partial charge on any atom is 0.278 e. The molecule has 1 atom stereocenters. The largest absolute Gasteiger partial charge is 0.469 e. The van der Waals surface area contributed by atoms with Crippen LogP contribution in [0.1, 0.15) is 12.0 Å². The van der Waals surface area contributed by atoms with Crippen molar-refractivity contribution in [3.63, 3.8) is 0 Å². The van der Waals surface area contributed by atoms with Crippen LogP contribution in [0.2, 0.25) is 0 Å². The number of ketones is 1. The molecule has 0 aromatic heterocycles. The van der Waals surface area contributed by atoms with Crippen LogP contribution in [0.5, 0.6) is 0 Å². The number of ether oxygens (including phenoxy) is 2. The minimum absolute atomic E-state index is 0.00188. The summed E-state index contributed by atoms with van der Waals surface area (Å²) in [5, 5.41) is 0. The first-order chi connectivity index (χ1) is 9.10. The lowest BCUT2D eigenvalue weighted by atomic mass is 9.92. The van der Waals surface area contributed by atoms with Gasteiger partial charge in [-0.15, -0.1) is 0 Å². The number of para-hydroxylation sites is 1. The number of carbonyl (C=O) groups excluding carboxylic acids is 2.